The summed E-state index contributed by atoms with van der Waals surface area (Å²) in [6.45, 7) is 5.97. The molecule has 0 spiro atoms. The van der Waals surface area contributed by atoms with Gasteiger partial charge in [0, 0.05) is 6.54 Å². The van der Waals surface area contributed by atoms with E-state index in [4.69, 9.17) is 4.42 Å². The van der Waals surface area contributed by atoms with E-state index in [9.17, 15) is 9.90 Å². The van der Waals surface area contributed by atoms with Crippen LogP contribution in [0.1, 0.15) is 31.3 Å². The van der Waals surface area contributed by atoms with Crippen molar-refractivity contribution in [2.45, 2.75) is 26.9 Å². The maximum absolute atomic E-state index is 11.4. The number of nitrogens with one attached hydrogen (secondary N) is 1. The summed E-state index contributed by atoms with van der Waals surface area (Å²) >= 11 is 0. The SMILES string of the molecule is CC(C)(C)C(O)CNC(=O)c1ccco1. The highest BCUT2D eigenvalue weighted by Gasteiger charge is 2.22. The van der Waals surface area contributed by atoms with Crippen molar-refractivity contribution in [3.8, 4) is 0 Å². The molecular formula is C11H17NO3. The molecule has 1 aromatic heterocycles. The fourth-order valence-electron chi connectivity index (χ4n) is 0.990. The minimum absolute atomic E-state index is 0.225. The number of aliphatic hydroxyl groups is 1. The minimum Gasteiger partial charge on any atom is -0.459 e. The monoisotopic (exact) mass is 211 g/mol. The predicted molar refractivity (Wildman–Crippen MR) is 56.5 cm³/mol. The zero-order valence-electron chi connectivity index (χ0n) is 9.28. The Morgan fingerprint density at radius 1 is 1.60 bits per heavy atom. The summed E-state index contributed by atoms with van der Waals surface area (Å²) in [5, 5.41) is 12.3. The van der Waals surface area contributed by atoms with Crippen molar-refractivity contribution in [3.63, 3.8) is 0 Å². The van der Waals surface area contributed by atoms with Crippen molar-refractivity contribution in [3.05, 3.63) is 24.2 Å². The van der Waals surface area contributed by atoms with Gasteiger partial charge < -0.3 is 14.8 Å². The van der Waals surface area contributed by atoms with E-state index in [1.165, 1.54) is 6.26 Å². The van der Waals surface area contributed by atoms with Crippen LogP contribution in [0.4, 0.5) is 0 Å². The van der Waals surface area contributed by atoms with Gasteiger partial charge in [0.2, 0.25) is 0 Å². The number of aliphatic hydroxyl groups excluding tert-OH is 1. The minimum atomic E-state index is -0.573. The lowest BCUT2D eigenvalue weighted by Gasteiger charge is -2.25. The summed E-state index contributed by atoms with van der Waals surface area (Å²) in [4.78, 5) is 11.4. The fraction of sp³-hybridized carbons (Fsp3) is 0.545. The van der Waals surface area contributed by atoms with Gasteiger partial charge in [-0.05, 0) is 17.5 Å². The van der Waals surface area contributed by atoms with Crippen LogP contribution in [0, 0.1) is 5.41 Å². The number of rotatable bonds is 3. The molecule has 1 amide bonds. The molecule has 0 fully saturated rings. The van der Waals surface area contributed by atoms with Crippen LogP contribution in [-0.4, -0.2) is 23.7 Å². The molecule has 15 heavy (non-hydrogen) atoms. The molecule has 1 rings (SSSR count). The molecule has 1 heterocycles. The van der Waals surface area contributed by atoms with Gasteiger partial charge in [0.15, 0.2) is 5.76 Å². The standard InChI is InChI=1S/C11H17NO3/c1-11(2,3)9(13)7-12-10(14)8-5-4-6-15-8/h4-6,9,13H,7H2,1-3H3,(H,12,14). The Morgan fingerprint density at radius 2 is 2.27 bits per heavy atom. The predicted octanol–water partition coefficient (Wildman–Crippen LogP) is 1.42. The Labute approximate surface area is 89.3 Å². The molecule has 1 atom stereocenters. The van der Waals surface area contributed by atoms with Crippen LogP contribution in [-0.2, 0) is 0 Å². The Balaban J connectivity index is 2.42. The third-order valence-electron chi connectivity index (χ3n) is 2.20. The Morgan fingerprint density at radius 3 is 2.73 bits per heavy atom. The maximum atomic E-state index is 11.4. The van der Waals surface area contributed by atoms with Crippen LogP contribution >= 0.6 is 0 Å². The highest BCUT2D eigenvalue weighted by Crippen LogP contribution is 2.18. The summed E-state index contributed by atoms with van der Waals surface area (Å²) < 4.78 is 4.92. The Hall–Kier alpha value is -1.29. The number of carbonyl (C=O) groups excluding carboxylic acids is 1. The Kier molecular flexibility index (Phi) is 3.52. The zero-order chi connectivity index (χ0) is 11.5. The lowest BCUT2D eigenvalue weighted by atomic mass is 9.89. The van der Waals surface area contributed by atoms with E-state index in [0.29, 0.717) is 0 Å². The zero-order valence-corrected chi connectivity index (χ0v) is 9.28. The van der Waals surface area contributed by atoms with E-state index in [1.807, 2.05) is 20.8 Å². The van der Waals surface area contributed by atoms with Gasteiger partial charge in [-0.2, -0.15) is 0 Å². The third kappa shape index (κ3) is 3.40. The average Bonchev–Trinajstić information content (AvgIpc) is 2.64. The molecule has 1 aromatic rings. The fourth-order valence-corrected chi connectivity index (χ4v) is 0.990. The lowest BCUT2D eigenvalue weighted by Crippen LogP contribution is -2.39. The van der Waals surface area contributed by atoms with Crippen molar-refractivity contribution >= 4 is 5.91 Å². The smallest absolute Gasteiger partial charge is 0.287 e. The number of carbonyl (C=O) groups is 1. The van der Waals surface area contributed by atoms with Crippen LogP contribution in [0.3, 0.4) is 0 Å². The molecule has 0 bridgehead atoms. The van der Waals surface area contributed by atoms with Crippen LogP contribution in [0.25, 0.3) is 0 Å². The number of hydrogen-bond acceptors (Lipinski definition) is 3. The first-order valence-electron chi connectivity index (χ1n) is 4.91. The summed E-state index contributed by atoms with van der Waals surface area (Å²) in [7, 11) is 0. The van der Waals surface area contributed by atoms with E-state index in [1.54, 1.807) is 12.1 Å². The lowest BCUT2D eigenvalue weighted by molar-refractivity contribution is 0.0579. The number of amides is 1. The van der Waals surface area contributed by atoms with E-state index < -0.39 is 6.10 Å². The maximum Gasteiger partial charge on any atom is 0.287 e. The second-order valence-corrected chi connectivity index (χ2v) is 4.57. The quantitative estimate of drug-likeness (QED) is 0.794. The first kappa shape index (κ1) is 11.8. The molecule has 84 valence electrons. The van der Waals surface area contributed by atoms with Crippen molar-refractivity contribution in [2.24, 2.45) is 5.41 Å². The first-order valence-corrected chi connectivity index (χ1v) is 4.91. The van der Waals surface area contributed by atoms with E-state index in [2.05, 4.69) is 5.32 Å². The van der Waals surface area contributed by atoms with Crippen molar-refractivity contribution < 1.29 is 14.3 Å². The molecule has 4 heteroatoms. The molecule has 0 aromatic carbocycles. The molecule has 4 nitrogen and oxygen atoms in total. The molecule has 0 aliphatic rings. The second-order valence-electron chi connectivity index (χ2n) is 4.57. The van der Waals surface area contributed by atoms with Crippen LogP contribution in [0.5, 0.6) is 0 Å². The van der Waals surface area contributed by atoms with Crippen LogP contribution in [0.2, 0.25) is 0 Å². The highest BCUT2D eigenvalue weighted by atomic mass is 16.3. The molecule has 0 aliphatic heterocycles. The van der Waals surface area contributed by atoms with Gasteiger partial charge in [0.05, 0.1) is 12.4 Å². The average molecular weight is 211 g/mol. The molecule has 0 saturated carbocycles. The highest BCUT2D eigenvalue weighted by molar-refractivity contribution is 5.91. The van der Waals surface area contributed by atoms with Crippen LogP contribution in [0.15, 0.2) is 22.8 Å². The van der Waals surface area contributed by atoms with Gasteiger partial charge in [-0.3, -0.25) is 4.79 Å². The van der Waals surface area contributed by atoms with Gasteiger partial charge in [-0.25, -0.2) is 0 Å². The number of hydrogen-bond donors (Lipinski definition) is 2. The molecule has 0 radical (unpaired) electrons. The molecule has 2 N–H and O–H groups in total. The van der Waals surface area contributed by atoms with E-state index >= 15 is 0 Å². The van der Waals surface area contributed by atoms with Gasteiger partial charge in [-0.15, -0.1) is 0 Å². The summed E-state index contributed by atoms with van der Waals surface area (Å²) in [6.07, 6.45) is 0.867. The largest absolute Gasteiger partial charge is 0.459 e. The van der Waals surface area contributed by atoms with Crippen molar-refractivity contribution in [1.82, 2.24) is 5.32 Å². The van der Waals surface area contributed by atoms with E-state index in [0.717, 1.165) is 0 Å². The van der Waals surface area contributed by atoms with E-state index in [-0.39, 0.29) is 23.6 Å². The van der Waals surface area contributed by atoms with Gasteiger partial charge in [0.1, 0.15) is 0 Å². The topological polar surface area (TPSA) is 62.5 Å². The van der Waals surface area contributed by atoms with Gasteiger partial charge >= 0.3 is 0 Å². The van der Waals surface area contributed by atoms with Gasteiger partial charge in [-0.1, -0.05) is 20.8 Å². The van der Waals surface area contributed by atoms with Crippen LogP contribution < -0.4 is 5.32 Å². The normalized spacial score (nSPS) is 13.6. The molecule has 0 aliphatic carbocycles. The molecular weight excluding hydrogens is 194 g/mol. The summed E-state index contributed by atoms with van der Waals surface area (Å²) in [5.74, 6) is -0.0422. The van der Waals surface area contributed by atoms with Crippen molar-refractivity contribution in [2.75, 3.05) is 6.54 Å². The molecule has 1 unspecified atom stereocenters. The molecule has 0 saturated heterocycles. The third-order valence-corrected chi connectivity index (χ3v) is 2.20. The summed E-state index contributed by atoms with van der Waals surface area (Å²) in [6, 6.07) is 3.23. The summed E-state index contributed by atoms with van der Waals surface area (Å²) in [5.41, 5.74) is -0.240. The van der Waals surface area contributed by atoms with Crippen molar-refractivity contribution in [1.29, 1.82) is 0 Å². The second kappa shape index (κ2) is 4.49. The first-order chi connectivity index (χ1) is 6.91. The Bertz CT molecular complexity index is 311. The number of furan rings is 1. The van der Waals surface area contributed by atoms with Gasteiger partial charge in [0.25, 0.3) is 5.91 Å².